The van der Waals surface area contributed by atoms with Gasteiger partial charge in [0.05, 0.1) is 0 Å². The Balaban J connectivity index is 2.73. The SMILES string of the molecule is CC(C)Cc1ccc(C(=O)N(C)C)o1. The van der Waals surface area contributed by atoms with E-state index in [-0.39, 0.29) is 5.91 Å². The summed E-state index contributed by atoms with van der Waals surface area (Å²) in [5.41, 5.74) is 0. The summed E-state index contributed by atoms with van der Waals surface area (Å²) in [5, 5.41) is 0. The van der Waals surface area contributed by atoms with Gasteiger partial charge in [0.15, 0.2) is 5.76 Å². The second-order valence-electron chi connectivity index (χ2n) is 4.06. The summed E-state index contributed by atoms with van der Waals surface area (Å²) in [7, 11) is 3.43. The number of hydrogen-bond donors (Lipinski definition) is 0. The summed E-state index contributed by atoms with van der Waals surface area (Å²) in [6.45, 7) is 4.24. The first kappa shape index (κ1) is 10.8. The van der Waals surface area contributed by atoms with Crippen LogP contribution in [0.3, 0.4) is 0 Å². The molecule has 0 unspecified atom stereocenters. The third-order valence-corrected chi connectivity index (χ3v) is 1.89. The van der Waals surface area contributed by atoms with Crippen molar-refractivity contribution in [2.75, 3.05) is 14.1 Å². The van der Waals surface area contributed by atoms with Gasteiger partial charge in [-0.3, -0.25) is 4.79 Å². The molecule has 3 heteroatoms. The fraction of sp³-hybridized carbons (Fsp3) is 0.545. The number of furan rings is 1. The van der Waals surface area contributed by atoms with Gasteiger partial charge in [-0.05, 0) is 18.1 Å². The molecule has 0 radical (unpaired) electrons. The van der Waals surface area contributed by atoms with E-state index < -0.39 is 0 Å². The van der Waals surface area contributed by atoms with Crippen LogP contribution < -0.4 is 0 Å². The van der Waals surface area contributed by atoms with Crippen molar-refractivity contribution >= 4 is 5.91 Å². The fourth-order valence-corrected chi connectivity index (χ4v) is 1.23. The van der Waals surface area contributed by atoms with Crippen molar-refractivity contribution in [3.05, 3.63) is 23.7 Å². The quantitative estimate of drug-likeness (QED) is 0.740. The first-order valence-corrected chi connectivity index (χ1v) is 4.81. The lowest BCUT2D eigenvalue weighted by molar-refractivity contribution is 0.0794. The monoisotopic (exact) mass is 195 g/mol. The van der Waals surface area contributed by atoms with Crippen LogP contribution in [0.1, 0.15) is 30.2 Å². The molecule has 0 aliphatic heterocycles. The Labute approximate surface area is 84.7 Å². The minimum absolute atomic E-state index is 0.0833. The number of carbonyl (C=O) groups excluding carboxylic acids is 1. The topological polar surface area (TPSA) is 33.5 Å². The number of nitrogens with zero attached hydrogens (tertiary/aromatic N) is 1. The van der Waals surface area contributed by atoms with E-state index in [1.165, 1.54) is 4.90 Å². The van der Waals surface area contributed by atoms with Crippen molar-refractivity contribution in [2.45, 2.75) is 20.3 Å². The highest BCUT2D eigenvalue weighted by Crippen LogP contribution is 2.13. The first-order valence-electron chi connectivity index (χ1n) is 4.81. The Morgan fingerprint density at radius 3 is 2.57 bits per heavy atom. The van der Waals surface area contributed by atoms with Crippen molar-refractivity contribution in [1.82, 2.24) is 4.90 Å². The maximum atomic E-state index is 11.5. The van der Waals surface area contributed by atoms with Crippen molar-refractivity contribution in [1.29, 1.82) is 0 Å². The first-order chi connectivity index (χ1) is 6.50. The van der Waals surface area contributed by atoms with Crippen molar-refractivity contribution in [2.24, 2.45) is 5.92 Å². The standard InChI is InChI=1S/C11H17NO2/c1-8(2)7-9-5-6-10(14-9)11(13)12(3)4/h5-6,8H,7H2,1-4H3. The van der Waals surface area contributed by atoms with Gasteiger partial charge in [-0.1, -0.05) is 13.8 Å². The summed E-state index contributed by atoms with van der Waals surface area (Å²) in [5.74, 6) is 1.76. The molecule has 78 valence electrons. The average molecular weight is 195 g/mol. The highest BCUT2D eigenvalue weighted by Gasteiger charge is 2.13. The number of rotatable bonds is 3. The van der Waals surface area contributed by atoms with E-state index in [0.29, 0.717) is 11.7 Å². The highest BCUT2D eigenvalue weighted by molar-refractivity contribution is 5.91. The molecule has 1 rings (SSSR count). The van der Waals surface area contributed by atoms with Crippen molar-refractivity contribution in [3.8, 4) is 0 Å². The van der Waals surface area contributed by atoms with E-state index in [1.54, 1.807) is 20.2 Å². The van der Waals surface area contributed by atoms with E-state index in [4.69, 9.17) is 4.42 Å². The lowest BCUT2D eigenvalue weighted by Crippen LogP contribution is -2.20. The molecule has 14 heavy (non-hydrogen) atoms. The van der Waals surface area contributed by atoms with E-state index in [1.807, 2.05) is 6.07 Å². The second kappa shape index (κ2) is 4.31. The summed E-state index contributed by atoms with van der Waals surface area (Å²) >= 11 is 0. The predicted molar refractivity (Wildman–Crippen MR) is 55.3 cm³/mol. The molecule has 3 nitrogen and oxygen atoms in total. The van der Waals surface area contributed by atoms with Crippen molar-refractivity contribution in [3.63, 3.8) is 0 Å². The highest BCUT2D eigenvalue weighted by atomic mass is 16.4. The molecule has 1 aromatic rings. The van der Waals surface area contributed by atoms with Gasteiger partial charge in [-0.15, -0.1) is 0 Å². The third-order valence-electron chi connectivity index (χ3n) is 1.89. The van der Waals surface area contributed by atoms with E-state index >= 15 is 0 Å². The Kier molecular flexibility index (Phi) is 3.33. The van der Waals surface area contributed by atoms with Crippen LogP contribution >= 0.6 is 0 Å². The van der Waals surface area contributed by atoms with E-state index in [2.05, 4.69) is 13.8 Å². The van der Waals surface area contributed by atoms with Gasteiger partial charge >= 0.3 is 0 Å². The van der Waals surface area contributed by atoms with Gasteiger partial charge in [0.2, 0.25) is 0 Å². The molecular formula is C11H17NO2. The molecule has 1 amide bonds. The molecule has 0 spiro atoms. The number of carbonyl (C=O) groups is 1. The lowest BCUT2D eigenvalue weighted by Gasteiger charge is -2.07. The molecule has 0 aliphatic rings. The van der Waals surface area contributed by atoms with Crippen LogP contribution in [0.15, 0.2) is 16.5 Å². The average Bonchev–Trinajstić information content (AvgIpc) is 2.50. The molecule has 0 saturated heterocycles. The molecule has 0 N–H and O–H groups in total. The molecule has 0 aliphatic carbocycles. The molecular weight excluding hydrogens is 178 g/mol. The maximum absolute atomic E-state index is 11.5. The fourth-order valence-electron chi connectivity index (χ4n) is 1.23. The smallest absolute Gasteiger partial charge is 0.289 e. The van der Waals surface area contributed by atoms with E-state index in [0.717, 1.165) is 12.2 Å². The molecule has 1 heterocycles. The van der Waals surface area contributed by atoms with Crippen LogP contribution in [0.4, 0.5) is 0 Å². The summed E-state index contributed by atoms with van der Waals surface area (Å²) < 4.78 is 5.43. The normalized spacial score (nSPS) is 10.6. The lowest BCUT2D eigenvalue weighted by atomic mass is 10.1. The van der Waals surface area contributed by atoms with Gasteiger partial charge in [-0.25, -0.2) is 0 Å². The zero-order valence-electron chi connectivity index (χ0n) is 9.20. The molecule has 0 fully saturated rings. The summed E-state index contributed by atoms with van der Waals surface area (Å²) in [6.07, 6.45) is 0.876. The zero-order valence-corrected chi connectivity index (χ0v) is 9.20. The minimum atomic E-state index is -0.0833. The van der Waals surface area contributed by atoms with Gasteiger partial charge in [-0.2, -0.15) is 0 Å². The Morgan fingerprint density at radius 1 is 1.43 bits per heavy atom. The predicted octanol–water partition coefficient (Wildman–Crippen LogP) is 2.18. The molecule has 0 aromatic carbocycles. The largest absolute Gasteiger partial charge is 0.456 e. The molecule has 0 saturated carbocycles. The van der Waals surface area contributed by atoms with Crippen LogP contribution in [0.5, 0.6) is 0 Å². The van der Waals surface area contributed by atoms with Crippen LogP contribution in [-0.4, -0.2) is 24.9 Å². The van der Waals surface area contributed by atoms with Crippen LogP contribution in [0.25, 0.3) is 0 Å². The van der Waals surface area contributed by atoms with Gasteiger partial charge < -0.3 is 9.32 Å². The van der Waals surface area contributed by atoms with Crippen LogP contribution in [-0.2, 0) is 6.42 Å². The number of hydrogen-bond acceptors (Lipinski definition) is 2. The van der Waals surface area contributed by atoms with Crippen LogP contribution in [0, 0.1) is 5.92 Å². The third kappa shape index (κ3) is 2.62. The van der Waals surface area contributed by atoms with Gasteiger partial charge in [0, 0.05) is 20.5 Å². The zero-order chi connectivity index (χ0) is 10.7. The second-order valence-corrected chi connectivity index (χ2v) is 4.06. The molecule has 0 atom stereocenters. The maximum Gasteiger partial charge on any atom is 0.289 e. The summed E-state index contributed by atoms with van der Waals surface area (Å²) in [4.78, 5) is 13.0. The van der Waals surface area contributed by atoms with Gasteiger partial charge in [0.25, 0.3) is 5.91 Å². The van der Waals surface area contributed by atoms with Crippen molar-refractivity contribution < 1.29 is 9.21 Å². The Morgan fingerprint density at radius 2 is 2.07 bits per heavy atom. The van der Waals surface area contributed by atoms with Gasteiger partial charge in [0.1, 0.15) is 5.76 Å². The Hall–Kier alpha value is -1.25. The Bertz CT molecular complexity index is 313. The van der Waals surface area contributed by atoms with E-state index in [9.17, 15) is 4.79 Å². The minimum Gasteiger partial charge on any atom is -0.456 e. The molecule has 1 aromatic heterocycles. The van der Waals surface area contributed by atoms with Crippen LogP contribution in [0.2, 0.25) is 0 Å². The molecule has 0 bridgehead atoms. The summed E-state index contributed by atoms with van der Waals surface area (Å²) in [6, 6.07) is 3.61. The number of amides is 1.